The molecule has 0 aliphatic rings. The minimum absolute atomic E-state index is 0.125. The van der Waals surface area contributed by atoms with Gasteiger partial charge in [0.1, 0.15) is 11.6 Å². The zero-order chi connectivity index (χ0) is 14.3. The highest BCUT2D eigenvalue weighted by molar-refractivity contribution is 5.94. The third kappa shape index (κ3) is 5.12. The van der Waals surface area contributed by atoms with Gasteiger partial charge in [-0.25, -0.2) is 0 Å². The Morgan fingerprint density at radius 2 is 1.53 bits per heavy atom. The van der Waals surface area contributed by atoms with Crippen molar-refractivity contribution < 1.29 is 4.74 Å². The molecule has 0 spiro atoms. The molecule has 0 fully saturated rings. The Morgan fingerprint density at radius 1 is 1.00 bits per heavy atom. The van der Waals surface area contributed by atoms with E-state index in [2.05, 4.69) is 0 Å². The zero-order valence-corrected chi connectivity index (χ0v) is 11.2. The average Bonchev–Trinajstić information content (AvgIpc) is 2.41. The average molecular weight is 257 g/mol. The molecule has 19 heavy (non-hydrogen) atoms. The van der Waals surface area contributed by atoms with Crippen molar-refractivity contribution in [1.82, 2.24) is 0 Å². The van der Waals surface area contributed by atoms with Gasteiger partial charge < -0.3 is 16.2 Å². The van der Waals surface area contributed by atoms with Gasteiger partial charge in [-0.2, -0.15) is 0 Å². The van der Waals surface area contributed by atoms with Gasteiger partial charge in [-0.05, 0) is 31.2 Å². The molecule has 0 heterocycles. The smallest absolute Gasteiger partial charge is 0.122 e. The highest BCUT2D eigenvalue weighted by Gasteiger charge is 1.92. The Bertz CT molecular complexity index is 518. The van der Waals surface area contributed by atoms with E-state index in [1.165, 1.54) is 5.56 Å². The lowest BCUT2D eigenvalue weighted by Crippen LogP contribution is -2.10. The van der Waals surface area contributed by atoms with Crippen molar-refractivity contribution in [2.24, 2.45) is 5.73 Å². The topological polar surface area (TPSA) is 85.1 Å². The largest absolute Gasteiger partial charge is 0.497 e. The van der Waals surface area contributed by atoms with Gasteiger partial charge in [-0.15, -0.1) is 0 Å². The number of anilines is 1. The summed E-state index contributed by atoms with van der Waals surface area (Å²) in [7, 11) is 1.63. The third-order valence-corrected chi connectivity index (χ3v) is 2.48. The standard InChI is InChI=1S/C8H10N2.C7H9NO/c1-6-2-4-7(5-3-6)8(9)10;1-9-7-4-2-6(8)3-5-7/h2-5H,1H3,(H3,9,10);2-5H,8H2,1H3. The predicted octanol–water partition coefficient (Wildman–Crippen LogP) is 2.56. The van der Waals surface area contributed by atoms with Gasteiger partial charge in [-0.3, -0.25) is 5.41 Å². The molecule has 100 valence electrons. The maximum Gasteiger partial charge on any atom is 0.122 e. The van der Waals surface area contributed by atoms with Crippen LogP contribution in [0.3, 0.4) is 0 Å². The van der Waals surface area contributed by atoms with E-state index >= 15 is 0 Å². The summed E-state index contributed by atoms with van der Waals surface area (Å²) in [5.74, 6) is 0.962. The van der Waals surface area contributed by atoms with Gasteiger partial charge >= 0.3 is 0 Å². The van der Waals surface area contributed by atoms with Crippen molar-refractivity contribution in [2.45, 2.75) is 6.92 Å². The molecule has 0 aromatic heterocycles. The number of nitrogens with one attached hydrogen (secondary N) is 1. The Morgan fingerprint density at radius 3 is 1.95 bits per heavy atom. The number of amidine groups is 1. The van der Waals surface area contributed by atoms with Crippen LogP contribution >= 0.6 is 0 Å². The minimum atomic E-state index is 0.125. The van der Waals surface area contributed by atoms with Gasteiger partial charge in [0.25, 0.3) is 0 Å². The van der Waals surface area contributed by atoms with E-state index < -0.39 is 0 Å². The van der Waals surface area contributed by atoms with Gasteiger partial charge in [0.15, 0.2) is 0 Å². The molecule has 0 radical (unpaired) electrons. The van der Waals surface area contributed by atoms with Crippen molar-refractivity contribution in [1.29, 1.82) is 5.41 Å². The first-order valence-electron chi connectivity index (χ1n) is 5.83. The summed E-state index contributed by atoms with van der Waals surface area (Å²) >= 11 is 0. The van der Waals surface area contributed by atoms with Crippen LogP contribution < -0.4 is 16.2 Å². The summed E-state index contributed by atoms with van der Waals surface area (Å²) in [5.41, 5.74) is 13.4. The van der Waals surface area contributed by atoms with Gasteiger partial charge in [0.05, 0.1) is 7.11 Å². The number of benzene rings is 2. The second kappa shape index (κ2) is 7.06. The summed E-state index contributed by atoms with van der Waals surface area (Å²) in [6.45, 7) is 2.00. The molecule has 0 aliphatic heterocycles. The van der Waals surface area contributed by atoms with Gasteiger partial charge in [0.2, 0.25) is 0 Å². The fourth-order valence-electron chi connectivity index (χ4n) is 1.34. The van der Waals surface area contributed by atoms with E-state index in [4.69, 9.17) is 21.6 Å². The van der Waals surface area contributed by atoms with E-state index in [0.717, 1.165) is 17.0 Å². The lowest BCUT2D eigenvalue weighted by molar-refractivity contribution is 0.415. The summed E-state index contributed by atoms with van der Waals surface area (Å²) in [5, 5.41) is 7.08. The number of rotatable bonds is 2. The number of hydrogen-bond acceptors (Lipinski definition) is 3. The van der Waals surface area contributed by atoms with Gasteiger partial charge in [-0.1, -0.05) is 29.8 Å². The third-order valence-electron chi connectivity index (χ3n) is 2.48. The second-order valence-corrected chi connectivity index (χ2v) is 4.05. The molecule has 2 aromatic rings. The van der Waals surface area contributed by atoms with E-state index in [1.807, 2.05) is 43.3 Å². The Balaban J connectivity index is 0.000000191. The highest BCUT2D eigenvalue weighted by Crippen LogP contribution is 2.11. The van der Waals surface area contributed by atoms with Crippen LogP contribution in [-0.4, -0.2) is 12.9 Å². The first-order chi connectivity index (χ1) is 9.02. The number of nitrogen functional groups attached to an aromatic ring is 2. The molecule has 2 rings (SSSR count). The van der Waals surface area contributed by atoms with Gasteiger partial charge in [0, 0.05) is 11.3 Å². The molecular formula is C15H19N3O. The second-order valence-electron chi connectivity index (χ2n) is 4.05. The fraction of sp³-hybridized carbons (Fsp3) is 0.133. The van der Waals surface area contributed by atoms with Crippen molar-refractivity contribution in [3.05, 3.63) is 59.7 Å². The SMILES string of the molecule is COc1ccc(N)cc1.Cc1ccc(C(=N)N)cc1. The molecule has 0 saturated heterocycles. The van der Waals surface area contributed by atoms with E-state index in [1.54, 1.807) is 19.2 Å². The maximum absolute atomic E-state index is 7.08. The molecule has 0 saturated carbocycles. The number of methoxy groups -OCH3 is 1. The summed E-state index contributed by atoms with van der Waals surface area (Å²) in [6.07, 6.45) is 0. The van der Waals surface area contributed by atoms with Crippen molar-refractivity contribution >= 4 is 11.5 Å². The molecule has 0 aliphatic carbocycles. The van der Waals surface area contributed by atoms with E-state index in [-0.39, 0.29) is 5.84 Å². The molecule has 0 amide bonds. The van der Waals surface area contributed by atoms with E-state index in [0.29, 0.717) is 0 Å². The Labute approximate surface area is 113 Å². The first kappa shape index (κ1) is 14.6. The molecule has 0 bridgehead atoms. The molecule has 4 nitrogen and oxygen atoms in total. The number of ether oxygens (including phenoxy) is 1. The lowest BCUT2D eigenvalue weighted by atomic mass is 10.1. The van der Waals surface area contributed by atoms with Crippen LogP contribution in [0.5, 0.6) is 5.75 Å². The molecule has 4 heteroatoms. The first-order valence-corrected chi connectivity index (χ1v) is 5.83. The lowest BCUT2D eigenvalue weighted by Gasteiger charge is -1.97. The monoisotopic (exact) mass is 257 g/mol. The summed E-state index contributed by atoms with van der Waals surface area (Å²) < 4.78 is 4.91. The maximum atomic E-state index is 7.08. The van der Waals surface area contributed by atoms with Crippen molar-refractivity contribution in [3.8, 4) is 5.75 Å². The van der Waals surface area contributed by atoms with Crippen LogP contribution in [0, 0.1) is 12.3 Å². The minimum Gasteiger partial charge on any atom is -0.497 e. The Kier molecular flexibility index (Phi) is 5.41. The summed E-state index contributed by atoms with van der Waals surface area (Å²) in [4.78, 5) is 0. The molecular weight excluding hydrogens is 238 g/mol. The quantitative estimate of drug-likeness (QED) is 0.439. The molecule has 0 atom stereocenters. The molecule has 0 unspecified atom stereocenters. The normalized spacial score (nSPS) is 9.16. The van der Waals surface area contributed by atoms with Crippen LogP contribution in [0.25, 0.3) is 0 Å². The summed E-state index contributed by atoms with van der Waals surface area (Å²) in [6, 6.07) is 14.8. The van der Waals surface area contributed by atoms with Crippen LogP contribution in [0.4, 0.5) is 5.69 Å². The van der Waals surface area contributed by atoms with Crippen LogP contribution in [0.1, 0.15) is 11.1 Å². The fourth-order valence-corrected chi connectivity index (χ4v) is 1.34. The number of aryl methyl sites for hydroxylation is 1. The van der Waals surface area contributed by atoms with Crippen molar-refractivity contribution in [2.75, 3.05) is 12.8 Å². The van der Waals surface area contributed by atoms with Crippen LogP contribution in [0.15, 0.2) is 48.5 Å². The number of nitrogens with two attached hydrogens (primary N) is 2. The van der Waals surface area contributed by atoms with Crippen molar-refractivity contribution in [3.63, 3.8) is 0 Å². The predicted molar refractivity (Wildman–Crippen MR) is 79.6 cm³/mol. The highest BCUT2D eigenvalue weighted by atomic mass is 16.5. The zero-order valence-electron chi connectivity index (χ0n) is 11.2. The van der Waals surface area contributed by atoms with Crippen LogP contribution in [0.2, 0.25) is 0 Å². The molecule has 2 aromatic carbocycles. The number of hydrogen-bond donors (Lipinski definition) is 3. The van der Waals surface area contributed by atoms with E-state index in [9.17, 15) is 0 Å². The van der Waals surface area contributed by atoms with Crippen LogP contribution in [-0.2, 0) is 0 Å². The molecule has 5 N–H and O–H groups in total. The Hall–Kier alpha value is -2.49.